The second-order valence-electron chi connectivity index (χ2n) is 4.86. The fourth-order valence-electron chi connectivity index (χ4n) is 2.34. The molecule has 0 saturated heterocycles. The van der Waals surface area contributed by atoms with Crippen LogP contribution >= 0.6 is 0 Å². The van der Waals surface area contributed by atoms with Gasteiger partial charge in [-0.25, -0.2) is 0 Å². The highest BCUT2D eigenvalue weighted by Crippen LogP contribution is 2.26. The molecule has 1 aliphatic carbocycles. The second-order valence-corrected chi connectivity index (χ2v) is 4.86. The number of rotatable bonds is 7. The number of ether oxygens (including phenoxy) is 2. The maximum atomic E-state index is 5.91. The van der Waals surface area contributed by atoms with Crippen molar-refractivity contribution in [2.24, 2.45) is 0 Å². The SMILES string of the molecule is C=Cc1ccc(OCCC2(OCC)C=CC=CC2)cc1. The van der Waals surface area contributed by atoms with Crippen LogP contribution in [0.15, 0.2) is 55.1 Å². The molecule has 1 atom stereocenters. The lowest BCUT2D eigenvalue weighted by Gasteiger charge is -2.31. The molecule has 106 valence electrons. The van der Waals surface area contributed by atoms with E-state index in [1.165, 1.54) is 0 Å². The van der Waals surface area contributed by atoms with Gasteiger partial charge in [0, 0.05) is 13.0 Å². The third kappa shape index (κ3) is 3.84. The largest absolute Gasteiger partial charge is 0.493 e. The Morgan fingerprint density at radius 3 is 2.65 bits per heavy atom. The Hall–Kier alpha value is -1.80. The minimum Gasteiger partial charge on any atom is -0.493 e. The van der Waals surface area contributed by atoms with E-state index in [2.05, 4.69) is 30.9 Å². The van der Waals surface area contributed by atoms with Crippen molar-refractivity contribution < 1.29 is 9.47 Å². The minimum absolute atomic E-state index is 0.204. The van der Waals surface area contributed by atoms with E-state index in [0.29, 0.717) is 13.2 Å². The summed E-state index contributed by atoms with van der Waals surface area (Å²) in [5.41, 5.74) is 0.897. The molecule has 1 unspecified atom stereocenters. The third-order valence-electron chi connectivity index (χ3n) is 3.45. The van der Waals surface area contributed by atoms with Gasteiger partial charge in [-0.3, -0.25) is 0 Å². The summed E-state index contributed by atoms with van der Waals surface area (Å²) >= 11 is 0. The summed E-state index contributed by atoms with van der Waals surface area (Å²) in [6.07, 6.45) is 12.0. The highest BCUT2D eigenvalue weighted by Gasteiger charge is 2.27. The Labute approximate surface area is 121 Å². The van der Waals surface area contributed by atoms with E-state index in [0.717, 1.165) is 24.2 Å². The zero-order chi connectivity index (χ0) is 14.3. The third-order valence-corrected chi connectivity index (χ3v) is 3.45. The van der Waals surface area contributed by atoms with E-state index in [1.54, 1.807) is 0 Å². The standard InChI is InChI=1S/C18H22O2/c1-3-16-8-10-17(11-9-16)19-15-14-18(20-4-2)12-6-5-7-13-18/h3,5-12H,1,4,13-15H2,2H3. The van der Waals surface area contributed by atoms with Crippen LogP contribution in [-0.2, 0) is 4.74 Å². The van der Waals surface area contributed by atoms with Crippen molar-refractivity contribution in [3.63, 3.8) is 0 Å². The average Bonchev–Trinajstić information content (AvgIpc) is 2.49. The normalized spacial score (nSPS) is 20.9. The quantitative estimate of drug-likeness (QED) is 0.731. The molecule has 1 aromatic rings. The summed E-state index contributed by atoms with van der Waals surface area (Å²) < 4.78 is 11.7. The van der Waals surface area contributed by atoms with Crippen LogP contribution in [0.3, 0.4) is 0 Å². The molecule has 1 aliphatic rings. The molecule has 0 saturated carbocycles. The highest BCUT2D eigenvalue weighted by atomic mass is 16.5. The van der Waals surface area contributed by atoms with Gasteiger partial charge in [-0.15, -0.1) is 0 Å². The summed E-state index contributed by atoms with van der Waals surface area (Å²) in [7, 11) is 0. The maximum absolute atomic E-state index is 5.91. The molecular formula is C18H22O2. The molecule has 2 nitrogen and oxygen atoms in total. The van der Waals surface area contributed by atoms with Gasteiger partial charge in [-0.1, -0.05) is 49.1 Å². The smallest absolute Gasteiger partial charge is 0.119 e. The summed E-state index contributed by atoms with van der Waals surface area (Å²) in [6, 6.07) is 7.95. The molecule has 0 heterocycles. The highest BCUT2D eigenvalue weighted by molar-refractivity contribution is 5.48. The molecule has 0 amide bonds. The monoisotopic (exact) mass is 270 g/mol. The molecule has 20 heavy (non-hydrogen) atoms. The van der Waals surface area contributed by atoms with Gasteiger partial charge in [0.25, 0.3) is 0 Å². The molecule has 2 rings (SSSR count). The van der Waals surface area contributed by atoms with Crippen LogP contribution in [-0.4, -0.2) is 18.8 Å². The Morgan fingerprint density at radius 1 is 1.25 bits per heavy atom. The zero-order valence-corrected chi connectivity index (χ0v) is 12.0. The predicted molar refractivity (Wildman–Crippen MR) is 83.9 cm³/mol. The van der Waals surface area contributed by atoms with Crippen LogP contribution < -0.4 is 4.74 Å². The first-order valence-electron chi connectivity index (χ1n) is 7.12. The van der Waals surface area contributed by atoms with Crippen molar-refractivity contribution in [2.75, 3.05) is 13.2 Å². The zero-order valence-electron chi connectivity index (χ0n) is 12.0. The molecule has 0 radical (unpaired) electrons. The van der Waals surface area contributed by atoms with Gasteiger partial charge in [-0.2, -0.15) is 0 Å². The van der Waals surface area contributed by atoms with Gasteiger partial charge < -0.3 is 9.47 Å². The van der Waals surface area contributed by atoms with E-state index >= 15 is 0 Å². The molecule has 0 aromatic heterocycles. The topological polar surface area (TPSA) is 18.5 Å². The van der Waals surface area contributed by atoms with Crippen LogP contribution in [0.5, 0.6) is 5.75 Å². The van der Waals surface area contributed by atoms with Gasteiger partial charge in [0.1, 0.15) is 5.75 Å². The molecular weight excluding hydrogens is 248 g/mol. The Bertz CT molecular complexity index is 485. The van der Waals surface area contributed by atoms with E-state index in [9.17, 15) is 0 Å². The van der Waals surface area contributed by atoms with Crippen molar-refractivity contribution in [2.45, 2.75) is 25.4 Å². The Morgan fingerprint density at radius 2 is 2.05 bits per heavy atom. The molecule has 0 N–H and O–H groups in total. The van der Waals surface area contributed by atoms with Crippen LogP contribution in [0, 0.1) is 0 Å². The fourth-order valence-corrected chi connectivity index (χ4v) is 2.34. The summed E-state index contributed by atoms with van der Waals surface area (Å²) in [6.45, 7) is 7.13. The van der Waals surface area contributed by atoms with E-state index in [-0.39, 0.29) is 5.60 Å². The van der Waals surface area contributed by atoms with Crippen molar-refractivity contribution >= 4 is 6.08 Å². The first-order valence-corrected chi connectivity index (χ1v) is 7.12. The Balaban J connectivity index is 1.88. The van der Waals surface area contributed by atoms with Crippen molar-refractivity contribution in [3.8, 4) is 5.75 Å². The van der Waals surface area contributed by atoms with Gasteiger partial charge in [0.05, 0.1) is 12.2 Å². The van der Waals surface area contributed by atoms with Gasteiger partial charge in [0.2, 0.25) is 0 Å². The number of hydrogen-bond acceptors (Lipinski definition) is 2. The van der Waals surface area contributed by atoms with Crippen LogP contribution in [0.2, 0.25) is 0 Å². The average molecular weight is 270 g/mol. The molecule has 0 aliphatic heterocycles. The summed E-state index contributed by atoms with van der Waals surface area (Å²) in [5.74, 6) is 0.887. The van der Waals surface area contributed by atoms with Crippen LogP contribution in [0.25, 0.3) is 6.08 Å². The lowest BCUT2D eigenvalue weighted by molar-refractivity contribution is -0.0138. The molecule has 0 bridgehead atoms. The lowest BCUT2D eigenvalue weighted by Crippen LogP contribution is -2.32. The summed E-state index contributed by atoms with van der Waals surface area (Å²) in [4.78, 5) is 0. The minimum atomic E-state index is -0.204. The van der Waals surface area contributed by atoms with Gasteiger partial charge >= 0.3 is 0 Å². The molecule has 2 heteroatoms. The Kier molecular flexibility index (Phi) is 5.19. The number of benzene rings is 1. The maximum Gasteiger partial charge on any atom is 0.119 e. The lowest BCUT2D eigenvalue weighted by atomic mass is 9.92. The van der Waals surface area contributed by atoms with Crippen molar-refractivity contribution in [3.05, 3.63) is 60.7 Å². The van der Waals surface area contributed by atoms with Gasteiger partial charge in [-0.05, 0) is 31.0 Å². The first-order chi connectivity index (χ1) is 9.78. The van der Waals surface area contributed by atoms with Crippen molar-refractivity contribution in [1.29, 1.82) is 0 Å². The predicted octanol–water partition coefficient (Wildman–Crippen LogP) is 4.39. The number of allylic oxidation sites excluding steroid dienone is 2. The van der Waals surface area contributed by atoms with Crippen molar-refractivity contribution in [1.82, 2.24) is 0 Å². The van der Waals surface area contributed by atoms with E-state index < -0.39 is 0 Å². The van der Waals surface area contributed by atoms with E-state index in [1.807, 2.05) is 37.3 Å². The van der Waals surface area contributed by atoms with Gasteiger partial charge in [0.15, 0.2) is 0 Å². The fraction of sp³-hybridized carbons (Fsp3) is 0.333. The molecule has 1 aromatic carbocycles. The van der Waals surface area contributed by atoms with Crippen LogP contribution in [0.1, 0.15) is 25.3 Å². The number of hydrogen-bond donors (Lipinski definition) is 0. The molecule has 0 spiro atoms. The second kappa shape index (κ2) is 7.11. The van der Waals surface area contributed by atoms with E-state index in [4.69, 9.17) is 9.47 Å². The first kappa shape index (κ1) is 14.6. The van der Waals surface area contributed by atoms with Crippen LogP contribution in [0.4, 0.5) is 0 Å². The molecule has 0 fully saturated rings. The summed E-state index contributed by atoms with van der Waals surface area (Å²) in [5, 5.41) is 0.